The van der Waals surface area contributed by atoms with E-state index in [9.17, 15) is 10.1 Å². The Bertz CT molecular complexity index is 359. The van der Waals surface area contributed by atoms with E-state index in [1.54, 1.807) is 12.1 Å². The Morgan fingerprint density at radius 3 is 2.29 bits per heavy atom. The highest BCUT2D eigenvalue weighted by atomic mass is 16.6. The van der Waals surface area contributed by atoms with Crippen LogP contribution in [0.1, 0.15) is 25.8 Å². The fraction of sp³-hybridized carbons (Fsp3) is 0.538. The van der Waals surface area contributed by atoms with E-state index in [0.29, 0.717) is 11.8 Å². The van der Waals surface area contributed by atoms with Gasteiger partial charge in [-0.05, 0) is 30.2 Å². The van der Waals surface area contributed by atoms with Crippen molar-refractivity contribution in [3.8, 4) is 0 Å². The third-order valence-electron chi connectivity index (χ3n) is 3.09. The number of nitrogens with zero attached hydrogens (tertiary/aromatic N) is 1. The summed E-state index contributed by atoms with van der Waals surface area (Å²) in [6.07, 6.45) is 1.63. The highest BCUT2D eigenvalue weighted by molar-refractivity contribution is 5.33. The average molecular weight is 237 g/mol. The van der Waals surface area contributed by atoms with E-state index in [2.05, 4.69) is 13.8 Å². The molecule has 0 saturated heterocycles. The molecule has 1 N–H and O–H groups in total. The fourth-order valence-corrected chi connectivity index (χ4v) is 1.89. The molecular formula is C13H19NO3. The molecule has 4 heteroatoms. The minimum absolute atomic E-state index is 0.122. The van der Waals surface area contributed by atoms with Crippen LogP contribution in [0, 0.1) is 22.0 Å². The summed E-state index contributed by atoms with van der Waals surface area (Å²) in [5.41, 5.74) is 1.21. The third kappa shape index (κ3) is 4.15. The monoisotopic (exact) mass is 237 g/mol. The van der Waals surface area contributed by atoms with Crippen LogP contribution in [0.3, 0.4) is 0 Å². The van der Waals surface area contributed by atoms with Crippen LogP contribution in [-0.4, -0.2) is 16.6 Å². The van der Waals surface area contributed by atoms with Crippen LogP contribution < -0.4 is 0 Å². The summed E-state index contributed by atoms with van der Waals surface area (Å²) in [6, 6.07) is 6.66. The molecule has 4 nitrogen and oxygen atoms in total. The number of aliphatic hydroxyl groups is 1. The number of hydrogen-bond donors (Lipinski definition) is 1. The summed E-state index contributed by atoms with van der Waals surface area (Å²) < 4.78 is 0. The lowest BCUT2D eigenvalue weighted by molar-refractivity contribution is -0.384. The van der Waals surface area contributed by atoms with Crippen LogP contribution in [0.2, 0.25) is 0 Å². The highest BCUT2D eigenvalue weighted by Gasteiger charge is 2.14. The standard InChI is InChI=1S/C13H19NO3/c1-10(2)12(7-8-15)9-11-3-5-13(6-4-11)14(16)17/h3-6,10,12,15H,7-9H2,1-2H3/t12-/m1/s1. The quantitative estimate of drug-likeness (QED) is 0.611. The van der Waals surface area contributed by atoms with Crippen molar-refractivity contribution in [3.05, 3.63) is 39.9 Å². The van der Waals surface area contributed by atoms with E-state index < -0.39 is 4.92 Å². The van der Waals surface area contributed by atoms with Gasteiger partial charge in [-0.2, -0.15) is 0 Å². The van der Waals surface area contributed by atoms with Crippen LogP contribution in [0.15, 0.2) is 24.3 Å². The van der Waals surface area contributed by atoms with Crippen LogP contribution in [0.5, 0.6) is 0 Å². The summed E-state index contributed by atoms with van der Waals surface area (Å²) in [4.78, 5) is 10.1. The number of rotatable bonds is 6. The molecule has 94 valence electrons. The predicted molar refractivity (Wildman–Crippen MR) is 66.8 cm³/mol. The molecule has 0 amide bonds. The van der Waals surface area contributed by atoms with Crippen LogP contribution in [0.4, 0.5) is 5.69 Å². The number of aliphatic hydroxyl groups excluding tert-OH is 1. The molecule has 0 fully saturated rings. The number of non-ortho nitro benzene ring substituents is 1. The molecule has 1 aromatic carbocycles. The fourth-order valence-electron chi connectivity index (χ4n) is 1.89. The maximum absolute atomic E-state index is 10.5. The van der Waals surface area contributed by atoms with Gasteiger partial charge in [0.2, 0.25) is 0 Å². The van der Waals surface area contributed by atoms with Crippen molar-refractivity contribution in [3.63, 3.8) is 0 Å². The van der Waals surface area contributed by atoms with Crippen LogP contribution in [0.25, 0.3) is 0 Å². The van der Waals surface area contributed by atoms with Crippen molar-refractivity contribution in [1.29, 1.82) is 0 Å². The molecule has 17 heavy (non-hydrogen) atoms. The van der Waals surface area contributed by atoms with Gasteiger partial charge in [0.25, 0.3) is 5.69 Å². The minimum atomic E-state index is -0.391. The summed E-state index contributed by atoms with van der Waals surface area (Å²) in [5.74, 6) is 0.916. The number of hydrogen-bond acceptors (Lipinski definition) is 3. The molecule has 0 radical (unpaired) electrons. The summed E-state index contributed by atoms with van der Waals surface area (Å²) in [5, 5.41) is 19.5. The third-order valence-corrected chi connectivity index (χ3v) is 3.09. The molecule has 1 rings (SSSR count). The van der Waals surface area contributed by atoms with E-state index in [4.69, 9.17) is 5.11 Å². The number of nitro groups is 1. The van der Waals surface area contributed by atoms with Crippen molar-refractivity contribution in [2.75, 3.05) is 6.61 Å². The largest absolute Gasteiger partial charge is 0.396 e. The van der Waals surface area contributed by atoms with Crippen molar-refractivity contribution < 1.29 is 10.0 Å². The maximum Gasteiger partial charge on any atom is 0.269 e. The molecular weight excluding hydrogens is 218 g/mol. The molecule has 0 heterocycles. The Labute approximate surface area is 101 Å². The zero-order valence-electron chi connectivity index (χ0n) is 10.3. The van der Waals surface area contributed by atoms with Crippen molar-refractivity contribution in [2.24, 2.45) is 11.8 Å². The van der Waals surface area contributed by atoms with E-state index in [1.807, 2.05) is 0 Å². The highest BCUT2D eigenvalue weighted by Crippen LogP contribution is 2.22. The predicted octanol–water partition coefficient (Wildman–Crippen LogP) is 2.79. The Morgan fingerprint density at radius 1 is 1.29 bits per heavy atom. The molecule has 0 aromatic heterocycles. The summed E-state index contributed by atoms with van der Waals surface area (Å²) >= 11 is 0. The van der Waals surface area contributed by atoms with Gasteiger partial charge in [0.15, 0.2) is 0 Å². The lowest BCUT2D eigenvalue weighted by Gasteiger charge is -2.19. The maximum atomic E-state index is 10.5. The smallest absolute Gasteiger partial charge is 0.269 e. The first-order chi connectivity index (χ1) is 8.04. The molecule has 1 aromatic rings. The normalized spacial score (nSPS) is 12.7. The van der Waals surface area contributed by atoms with Gasteiger partial charge in [-0.25, -0.2) is 0 Å². The van der Waals surface area contributed by atoms with Gasteiger partial charge in [-0.3, -0.25) is 10.1 Å². The Balaban J connectivity index is 2.69. The molecule has 0 aliphatic carbocycles. The summed E-state index contributed by atoms with van der Waals surface area (Å²) in [7, 11) is 0. The van der Waals surface area contributed by atoms with Gasteiger partial charge in [0.05, 0.1) is 4.92 Å². The first-order valence-corrected chi connectivity index (χ1v) is 5.88. The first kappa shape index (κ1) is 13.6. The van der Waals surface area contributed by atoms with Gasteiger partial charge in [-0.1, -0.05) is 26.0 Å². The second kappa shape index (κ2) is 6.35. The van der Waals surface area contributed by atoms with Gasteiger partial charge in [-0.15, -0.1) is 0 Å². The average Bonchev–Trinajstić information content (AvgIpc) is 2.29. The van der Waals surface area contributed by atoms with E-state index in [0.717, 1.165) is 18.4 Å². The van der Waals surface area contributed by atoms with E-state index in [-0.39, 0.29) is 12.3 Å². The number of benzene rings is 1. The molecule has 0 bridgehead atoms. The van der Waals surface area contributed by atoms with Crippen molar-refractivity contribution in [1.82, 2.24) is 0 Å². The van der Waals surface area contributed by atoms with Gasteiger partial charge < -0.3 is 5.11 Å². The zero-order valence-corrected chi connectivity index (χ0v) is 10.3. The molecule has 0 saturated carbocycles. The molecule has 1 atom stereocenters. The van der Waals surface area contributed by atoms with Crippen molar-refractivity contribution in [2.45, 2.75) is 26.7 Å². The SMILES string of the molecule is CC(C)[C@H](CCO)Cc1ccc([N+](=O)[O-])cc1. The van der Waals surface area contributed by atoms with Gasteiger partial charge >= 0.3 is 0 Å². The van der Waals surface area contributed by atoms with Crippen molar-refractivity contribution >= 4 is 5.69 Å². The minimum Gasteiger partial charge on any atom is -0.396 e. The van der Waals surface area contributed by atoms with Crippen LogP contribution >= 0.6 is 0 Å². The zero-order chi connectivity index (χ0) is 12.8. The first-order valence-electron chi connectivity index (χ1n) is 5.88. The summed E-state index contributed by atoms with van der Waals surface area (Å²) in [6.45, 7) is 4.45. The molecule has 0 aliphatic heterocycles. The topological polar surface area (TPSA) is 63.4 Å². The lowest BCUT2D eigenvalue weighted by atomic mass is 9.87. The molecule has 0 aliphatic rings. The second-order valence-corrected chi connectivity index (χ2v) is 4.64. The number of nitro benzene ring substituents is 1. The Hall–Kier alpha value is -1.42. The van der Waals surface area contributed by atoms with E-state index in [1.165, 1.54) is 12.1 Å². The van der Waals surface area contributed by atoms with Gasteiger partial charge in [0, 0.05) is 18.7 Å². The Kier molecular flexibility index (Phi) is 5.10. The van der Waals surface area contributed by atoms with Crippen LogP contribution in [-0.2, 0) is 6.42 Å². The van der Waals surface area contributed by atoms with E-state index >= 15 is 0 Å². The molecule has 0 unspecified atom stereocenters. The second-order valence-electron chi connectivity index (χ2n) is 4.64. The molecule has 0 spiro atoms. The van der Waals surface area contributed by atoms with Gasteiger partial charge in [0.1, 0.15) is 0 Å². The lowest BCUT2D eigenvalue weighted by Crippen LogP contribution is -2.13. The Morgan fingerprint density at radius 2 is 1.88 bits per heavy atom.